The highest BCUT2D eigenvalue weighted by Crippen LogP contribution is 2.29. The first-order valence-electron chi connectivity index (χ1n) is 6.25. The number of esters is 1. The maximum Gasteiger partial charge on any atom is 0.340 e. The van der Waals surface area contributed by atoms with Crippen LogP contribution >= 0.6 is 0 Å². The Bertz CT molecular complexity index is 619. The molecule has 0 aliphatic carbocycles. The normalized spacial score (nSPS) is 10.3. The van der Waals surface area contributed by atoms with Gasteiger partial charge < -0.3 is 19.8 Å². The maximum absolute atomic E-state index is 11.8. The number of carbonyl (C=O) groups is 1. The van der Waals surface area contributed by atoms with Gasteiger partial charge in [-0.05, 0) is 25.1 Å². The van der Waals surface area contributed by atoms with E-state index in [1.54, 1.807) is 24.5 Å². The fourth-order valence-electron chi connectivity index (χ4n) is 2.17. The molecule has 2 rings (SSSR count). The van der Waals surface area contributed by atoms with Gasteiger partial charge in [-0.25, -0.2) is 4.79 Å². The van der Waals surface area contributed by atoms with Crippen LogP contribution in [0.5, 0.6) is 0 Å². The van der Waals surface area contributed by atoms with Gasteiger partial charge in [0.05, 0.1) is 30.3 Å². The molecule has 0 saturated carbocycles. The fourth-order valence-corrected chi connectivity index (χ4v) is 2.17. The van der Waals surface area contributed by atoms with Crippen molar-refractivity contribution in [1.29, 1.82) is 0 Å². The predicted octanol–water partition coefficient (Wildman–Crippen LogP) is 2.59. The van der Waals surface area contributed by atoms with Crippen LogP contribution in [0.1, 0.15) is 21.7 Å². The summed E-state index contributed by atoms with van der Waals surface area (Å²) in [7, 11) is 3.24. The molecule has 0 spiro atoms. The van der Waals surface area contributed by atoms with Crippen LogP contribution in [0.2, 0.25) is 0 Å². The van der Waals surface area contributed by atoms with Crippen molar-refractivity contribution in [1.82, 2.24) is 0 Å². The quantitative estimate of drug-likeness (QED) is 0.685. The molecule has 0 aliphatic rings. The molecular weight excluding hydrogens is 256 g/mol. The first kappa shape index (κ1) is 14.0. The molecular formula is C15H18N2O3. The summed E-state index contributed by atoms with van der Waals surface area (Å²) in [5.41, 5.74) is 8.72. The zero-order valence-electron chi connectivity index (χ0n) is 11.8. The summed E-state index contributed by atoms with van der Waals surface area (Å²) >= 11 is 0. The molecule has 5 heteroatoms. The number of hydrogen-bond donors (Lipinski definition) is 1. The van der Waals surface area contributed by atoms with E-state index in [0.717, 1.165) is 11.3 Å². The van der Waals surface area contributed by atoms with Gasteiger partial charge in [0.15, 0.2) is 0 Å². The van der Waals surface area contributed by atoms with Gasteiger partial charge in [0.1, 0.15) is 5.76 Å². The van der Waals surface area contributed by atoms with Crippen molar-refractivity contribution in [2.45, 2.75) is 13.5 Å². The lowest BCUT2D eigenvalue weighted by Crippen LogP contribution is -2.21. The van der Waals surface area contributed by atoms with E-state index in [4.69, 9.17) is 14.9 Å². The summed E-state index contributed by atoms with van der Waals surface area (Å²) in [5.74, 6) is 0.453. The minimum Gasteiger partial charge on any atom is -0.469 e. The van der Waals surface area contributed by atoms with Gasteiger partial charge in [-0.2, -0.15) is 0 Å². The van der Waals surface area contributed by atoms with E-state index >= 15 is 0 Å². The van der Waals surface area contributed by atoms with E-state index in [1.807, 2.05) is 24.9 Å². The molecule has 2 N–H and O–H groups in total. The van der Waals surface area contributed by atoms with Crippen molar-refractivity contribution >= 4 is 17.3 Å². The summed E-state index contributed by atoms with van der Waals surface area (Å²) in [6.45, 7) is 2.50. The molecule has 1 aromatic carbocycles. The molecule has 1 heterocycles. The van der Waals surface area contributed by atoms with E-state index < -0.39 is 5.97 Å². The highest BCUT2D eigenvalue weighted by Gasteiger charge is 2.18. The predicted molar refractivity (Wildman–Crippen MR) is 77.7 cm³/mol. The highest BCUT2D eigenvalue weighted by molar-refractivity contribution is 5.99. The number of benzene rings is 1. The van der Waals surface area contributed by atoms with Gasteiger partial charge in [0, 0.05) is 19.2 Å². The summed E-state index contributed by atoms with van der Waals surface area (Å²) < 4.78 is 10.1. The van der Waals surface area contributed by atoms with Gasteiger partial charge in [-0.3, -0.25) is 0 Å². The number of rotatable bonds is 4. The molecule has 0 bridgehead atoms. The van der Waals surface area contributed by atoms with Crippen LogP contribution in [-0.4, -0.2) is 20.1 Å². The third kappa shape index (κ3) is 2.61. The first-order valence-corrected chi connectivity index (χ1v) is 6.25. The van der Waals surface area contributed by atoms with E-state index in [1.165, 1.54) is 7.11 Å². The van der Waals surface area contributed by atoms with Crippen LogP contribution in [0.3, 0.4) is 0 Å². The number of methoxy groups -OCH3 is 1. The van der Waals surface area contributed by atoms with Crippen molar-refractivity contribution in [3.05, 3.63) is 47.4 Å². The molecule has 1 aromatic heterocycles. The van der Waals surface area contributed by atoms with Crippen LogP contribution in [-0.2, 0) is 11.3 Å². The van der Waals surface area contributed by atoms with Crippen molar-refractivity contribution in [2.24, 2.45) is 0 Å². The average molecular weight is 274 g/mol. The number of nitrogens with two attached hydrogens (primary N) is 1. The second-order valence-corrected chi connectivity index (χ2v) is 4.59. The van der Waals surface area contributed by atoms with Gasteiger partial charge in [-0.15, -0.1) is 0 Å². The Morgan fingerprint density at radius 2 is 2.15 bits per heavy atom. The Labute approximate surface area is 117 Å². The number of nitrogen functional groups attached to an aromatic ring is 1. The summed E-state index contributed by atoms with van der Waals surface area (Å²) in [5, 5.41) is 0. The molecule has 0 fully saturated rings. The summed E-state index contributed by atoms with van der Waals surface area (Å²) in [6, 6.07) is 7.11. The van der Waals surface area contributed by atoms with Crippen molar-refractivity contribution in [3.8, 4) is 0 Å². The molecule has 0 saturated heterocycles. The molecule has 5 nitrogen and oxygen atoms in total. The van der Waals surface area contributed by atoms with E-state index in [2.05, 4.69) is 0 Å². The zero-order chi connectivity index (χ0) is 14.7. The second kappa shape index (κ2) is 5.69. The van der Waals surface area contributed by atoms with Crippen molar-refractivity contribution < 1.29 is 13.9 Å². The van der Waals surface area contributed by atoms with E-state index in [9.17, 15) is 4.79 Å². The number of anilines is 2. The molecule has 106 valence electrons. The maximum atomic E-state index is 11.8. The second-order valence-electron chi connectivity index (χ2n) is 4.59. The van der Waals surface area contributed by atoms with Crippen molar-refractivity contribution in [2.75, 3.05) is 24.8 Å². The van der Waals surface area contributed by atoms with Crippen molar-refractivity contribution in [3.63, 3.8) is 0 Å². The van der Waals surface area contributed by atoms with Gasteiger partial charge in [0.2, 0.25) is 0 Å². The smallest absolute Gasteiger partial charge is 0.340 e. The third-order valence-corrected chi connectivity index (χ3v) is 3.23. The average Bonchev–Trinajstić information content (AvgIpc) is 2.82. The lowest BCUT2D eigenvalue weighted by Gasteiger charge is -2.23. The minimum atomic E-state index is -0.400. The lowest BCUT2D eigenvalue weighted by molar-refractivity contribution is 0.0601. The summed E-state index contributed by atoms with van der Waals surface area (Å²) in [4.78, 5) is 13.8. The van der Waals surface area contributed by atoms with E-state index in [-0.39, 0.29) is 0 Å². The number of para-hydroxylation sites is 1. The Morgan fingerprint density at radius 1 is 1.40 bits per heavy atom. The van der Waals surface area contributed by atoms with Crippen LogP contribution in [0.15, 0.2) is 34.9 Å². The number of ether oxygens (including phenoxy) is 1. The molecule has 20 heavy (non-hydrogen) atoms. The topological polar surface area (TPSA) is 68.7 Å². The van der Waals surface area contributed by atoms with Gasteiger partial charge in [-0.1, -0.05) is 6.07 Å². The number of nitrogens with zero attached hydrogens (tertiary/aromatic N) is 1. The van der Waals surface area contributed by atoms with Crippen LogP contribution in [0.4, 0.5) is 11.4 Å². The third-order valence-electron chi connectivity index (χ3n) is 3.23. The lowest BCUT2D eigenvalue weighted by atomic mass is 10.1. The standard InChI is InChI=1S/C15H18N2O3/c1-10-11(7-8-20-10)9-17(2)14-12(15(18)19-3)5-4-6-13(14)16/h4-8H,9,16H2,1-3H3. The molecule has 0 unspecified atom stereocenters. The molecule has 0 aliphatic heterocycles. The largest absolute Gasteiger partial charge is 0.469 e. The molecule has 0 atom stereocenters. The highest BCUT2D eigenvalue weighted by atomic mass is 16.5. The fraction of sp³-hybridized carbons (Fsp3) is 0.267. The molecule has 0 radical (unpaired) electrons. The van der Waals surface area contributed by atoms with Crippen LogP contribution in [0.25, 0.3) is 0 Å². The number of hydrogen-bond acceptors (Lipinski definition) is 5. The summed E-state index contributed by atoms with van der Waals surface area (Å²) in [6.07, 6.45) is 1.65. The molecule has 0 amide bonds. The number of aryl methyl sites for hydroxylation is 1. The first-order chi connectivity index (χ1) is 9.54. The Kier molecular flexibility index (Phi) is 3.98. The SMILES string of the molecule is COC(=O)c1cccc(N)c1N(C)Cc1ccoc1C. The Hall–Kier alpha value is -2.43. The van der Waals surface area contributed by atoms with Crippen LogP contribution < -0.4 is 10.6 Å². The minimum absolute atomic E-state index is 0.400. The number of carbonyl (C=O) groups excluding carboxylic acids is 1. The number of furan rings is 1. The Morgan fingerprint density at radius 3 is 2.75 bits per heavy atom. The molecule has 2 aromatic rings. The Balaban J connectivity index is 2.36. The van der Waals surface area contributed by atoms with E-state index in [0.29, 0.717) is 23.5 Å². The van der Waals surface area contributed by atoms with Crippen LogP contribution in [0, 0.1) is 6.92 Å². The zero-order valence-corrected chi connectivity index (χ0v) is 11.8. The monoisotopic (exact) mass is 274 g/mol. The van der Waals surface area contributed by atoms with Gasteiger partial charge >= 0.3 is 5.97 Å². The van der Waals surface area contributed by atoms with Gasteiger partial charge in [0.25, 0.3) is 0 Å².